The molecule has 11 heteroatoms. The number of rotatable bonds is 6. The molecule has 1 aromatic carbocycles. The number of methoxy groups -OCH3 is 2. The third kappa shape index (κ3) is 4.56. The molecule has 4 aromatic rings. The van der Waals surface area contributed by atoms with Crippen molar-refractivity contribution in [2.24, 2.45) is 0 Å². The van der Waals surface area contributed by atoms with Gasteiger partial charge in [-0.1, -0.05) is 5.21 Å². The van der Waals surface area contributed by atoms with Crippen LogP contribution < -0.4 is 10.6 Å². The van der Waals surface area contributed by atoms with Gasteiger partial charge in [-0.25, -0.2) is 9.67 Å². The van der Waals surface area contributed by atoms with Gasteiger partial charge in [0.25, 0.3) is 5.91 Å². The molecule has 0 spiro atoms. The van der Waals surface area contributed by atoms with Crippen molar-refractivity contribution in [2.45, 2.75) is 38.1 Å². The molecule has 0 bridgehead atoms. The van der Waals surface area contributed by atoms with Gasteiger partial charge in [0.15, 0.2) is 6.29 Å². The van der Waals surface area contributed by atoms with E-state index in [2.05, 4.69) is 38.0 Å². The zero-order chi connectivity index (χ0) is 25.5. The van der Waals surface area contributed by atoms with Crippen LogP contribution in [-0.4, -0.2) is 83.5 Å². The number of aromatic nitrogens is 4. The summed E-state index contributed by atoms with van der Waals surface area (Å²) in [4.78, 5) is 20.7. The number of piperidine rings is 1. The lowest BCUT2D eigenvalue weighted by Crippen LogP contribution is -2.40. The predicted octanol–water partition coefficient (Wildman–Crippen LogP) is 3.51. The number of ether oxygens (including phenoxy) is 2. The fourth-order valence-corrected chi connectivity index (χ4v) is 6.36. The van der Waals surface area contributed by atoms with Gasteiger partial charge in [0.05, 0.1) is 29.1 Å². The highest BCUT2D eigenvalue weighted by atomic mass is 32.1. The highest BCUT2D eigenvalue weighted by Gasteiger charge is 2.26. The Balaban J connectivity index is 1.23. The molecule has 2 N–H and O–H groups in total. The van der Waals surface area contributed by atoms with Crippen LogP contribution in [0.4, 0.5) is 5.69 Å². The van der Waals surface area contributed by atoms with E-state index in [9.17, 15) is 4.79 Å². The van der Waals surface area contributed by atoms with Gasteiger partial charge >= 0.3 is 0 Å². The maximum Gasteiger partial charge on any atom is 0.263 e. The third-order valence-corrected chi connectivity index (χ3v) is 8.48. The van der Waals surface area contributed by atoms with Crippen molar-refractivity contribution in [1.29, 1.82) is 0 Å². The number of fused-ring (bicyclic) bond motifs is 5. The number of hydrogen-bond acceptors (Lipinski definition) is 9. The van der Waals surface area contributed by atoms with Crippen molar-refractivity contribution < 1.29 is 14.3 Å². The van der Waals surface area contributed by atoms with Crippen LogP contribution in [0.3, 0.4) is 0 Å². The van der Waals surface area contributed by atoms with Crippen molar-refractivity contribution in [3.05, 3.63) is 35.3 Å². The van der Waals surface area contributed by atoms with E-state index >= 15 is 0 Å². The first kappa shape index (κ1) is 24.2. The zero-order valence-electron chi connectivity index (χ0n) is 21.2. The van der Waals surface area contributed by atoms with Gasteiger partial charge < -0.3 is 20.1 Å². The van der Waals surface area contributed by atoms with E-state index < -0.39 is 0 Å². The predicted molar refractivity (Wildman–Crippen MR) is 144 cm³/mol. The summed E-state index contributed by atoms with van der Waals surface area (Å²) in [6.07, 6.45) is 3.79. The number of thiophene rings is 1. The maximum atomic E-state index is 12.7. The van der Waals surface area contributed by atoms with Crippen LogP contribution in [-0.2, 0) is 9.47 Å². The van der Waals surface area contributed by atoms with Gasteiger partial charge in [-0.3, -0.25) is 9.69 Å². The Morgan fingerprint density at radius 1 is 1.14 bits per heavy atom. The summed E-state index contributed by atoms with van der Waals surface area (Å²) < 4.78 is 13.7. The minimum absolute atomic E-state index is 0.0221. The van der Waals surface area contributed by atoms with Gasteiger partial charge in [-0.05, 0) is 44.0 Å². The van der Waals surface area contributed by atoms with E-state index in [1.165, 1.54) is 11.3 Å². The van der Waals surface area contributed by atoms with Gasteiger partial charge in [-0.2, -0.15) is 0 Å². The van der Waals surface area contributed by atoms with Crippen LogP contribution in [0.2, 0.25) is 0 Å². The smallest absolute Gasteiger partial charge is 0.263 e. The Labute approximate surface area is 218 Å². The monoisotopic (exact) mass is 521 g/mol. The molecular weight excluding hydrogens is 490 g/mol. The van der Waals surface area contributed by atoms with Crippen LogP contribution in [0.5, 0.6) is 0 Å². The summed E-state index contributed by atoms with van der Waals surface area (Å²) in [5.74, 6) is -0.0221. The Morgan fingerprint density at radius 3 is 2.73 bits per heavy atom. The van der Waals surface area contributed by atoms with E-state index in [0.29, 0.717) is 12.6 Å². The van der Waals surface area contributed by atoms with Crippen LogP contribution >= 0.6 is 11.3 Å². The quantitative estimate of drug-likeness (QED) is 0.372. The Bertz CT molecular complexity index is 1440. The van der Waals surface area contributed by atoms with Crippen LogP contribution in [0, 0.1) is 0 Å². The average Bonchev–Trinajstić information content (AvgIpc) is 3.53. The number of nitrogens with zero attached hydrogens (tertiary/aromatic N) is 5. The highest BCUT2D eigenvalue weighted by Crippen LogP contribution is 2.41. The van der Waals surface area contributed by atoms with E-state index in [4.69, 9.17) is 14.5 Å². The molecule has 1 atom stereocenters. The first-order valence-corrected chi connectivity index (χ1v) is 13.5. The second kappa shape index (κ2) is 9.97. The molecule has 6 rings (SSSR count). The van der Waals surface area contributed by atoms with Gasteiger partial charge in [0.2, 0.25) is 0 Å². The summed E-state index contributed by atoms with van der Waals surface area (Å²) in [6.45, 7) is 5.38. The van der Waals surface area contributed by atoms with E-state index in [-0.39, 0.29) is 18.2 Å². The fraction of sp³-hybridized carbons (Fsp3) is 0.462. The number of hydrogen-bond donors (Lipinski definition) is 2. The number of carbonyl (C=O) groups is 1. The summed E-state index contributed by atoms with van der Waals surface area (Å²) >= 11 is 1.52. The van der Waals surface area contributed by atoms with Gasteiger partial charge in [0.1, 0.15) is 10.6 Å². The first-order chi connectivity index (χ1) is 18.0. The molecule has 194 valence electrons. The Kier molecular flexibility index (Phi) is 6.53. The third-order valence-electron chi connectivity index (χ3n) is 7.33. The number of anilines is 1. The molecule has 5 heterocycles. The fourth-order valence-electron chi connectivity index (χ4n) is 5.26. The number of benzene rings is 1. The Morgan fingerprint density at radius 2 is 1.95 bits per heavy atom. The number of likely N-dealkylation sites (tertiary alicyclic amines) is 1. The topological polar surface area (TPSA) is 106 Å². The lowest BCUT2D eigenvalue weighted by molar-refractivity contribution is -0.118. The van der Waals surface area contributed by atoms with Crippen LogP contribution in [0.25, 0.3) is 32.4 Å². The van der Waals surface area contributed by atoms with Crippen molar-refractivity contribution in [3.63, 3.8) is 0 Å². The molecule has 2 aliphatic heterocycles. The lowest BCUT2D eigenvalue weighted by atomic mass is 10.1. The summed E-state index contributed by atoms with van der Waals surface area (Å²) in [5, 5.41) is 17.5. The standard InChI is InChI=1S/C26H31N7O3S/c1-15-12-27-24-23-17-4-5-19(29-18(17)6-7-21(23)37-25(24)26(34)28-15)20-13-33(31-30-20)16-8-10-32(11-9-16)14-22(35-2)36-3/h4-7,13,15-16,22,27H,8-12,14H2,1-3H3,(H,28,34)/t15-/m1/s1. The first-order valence-electron chi connectivity index (χ1n) is 12.6. The summed E-state index contributed by atoms with van der Waals surface area (Å²) in [5.41, 5.74) is 3.33. The molecule has 37 heavy (non-hydrogen) atoms. The van der Waals surface area contributed by atoms with Gasteiger partial charge in [0, 0.05) is 61.9 Å². The molecule has 1 fully saturated rings. The number of carbonyl (C=O) groups excluding carboxylic acids is 1. The van der Waals surface area contributed by atoms with Crippen molar-refractivity contribution in [3.8, 4) is 11.4 Å². The lowest BCUT2D eigenvalue weighted by Gasteiger charge is -2.33. The average molecular weight is 522 g/mol. The van der Waals surface area contributed by atoms with Crippen molar-refractivity contribution in [2.75, 3.05) is 45.7 Å². The van der Waals surface area contributed by atoms with E-state index in [1.54, 1.807) is 14.2 Å². The number of pyridine rings is 1. The molecule has 0 radical (unpaired) electrons. The molecule has 3 aromatic heterocycles. The van der Waals surface area contributed by atoms with Crippen molar-refractivity contribution in [1.82, 2.24) is 30.2 Å². The molecule has 0 aliphatic carbocycles. The second-order valence-corrected chi connectivity index (χ2v) is 10.8. The number of amides is 1. The largest absolute Gasteiger partial charge is 0.381 e. The molecule has 10 nitrogen and oxygen atoms in total. The molecule has 1 saturated heterocycles. The zero-order valence-corrected chi connectivity index (χ0v) is 22.0. The summed E-state index contributed by atoms with van der Waals surface area (Å²) in [7, 11) is 3.35. The van der Waals surface area contributed by atoms with Crippen molar-refractivity contribution >= 4 is 43.9 Å². The molecule has 0 unspecified atom stereocenters. The van der Waals surface area contributed by atoms with E-state index in [0.717, 1.165) is 75.4 Å². The van der Waals surface area contributed by atoms with Crippen LogP contribution in [0.1, 0.15) is 35.5 Å². The highest BCUT2D eigenvalue weighted by molar-refractivity contribution is 7.21. The minimum atomic E-state index is -0.199. The molecular formula is C26H31N7O3S. The maximum absolute atomic E-state index is 12.7. The number of nitrogens with one attached hydrogen (secondary N) is 2. The second-order valence-electron chi connectivity index (χ2n) is 9.78. The van der Waals surface area contributed by atoms with Gasteiger partial charge in [-0.15, -0.1) is 16.4 Å². The van der Waals surface area contributed by atoms with E-state index in [1.807, 2.05) is 29.9 Å². The molecule has 0 saturated carbocycles. The minimum Gasteiger partial charge on any atom is -0.381 e. The molecule has 1 amide bonds. The summed E-state index contributed by atoms with van der Waals surface area (Å²) in [6, 6.07) is 8.53. The molecule has 2 aliphatic rings. The van der Waals surface area contributed by atoms with Crippen LogP contribution in [0.15, 0.2) is 30.5 Å². The normalized spacial score (nSPS) is 19.2. The SMILES string of the molecule is COC(CN1CCC(n2cc(-c3ccc4c(ccc5sc6c(c54)NC[C@@H](C)NC6=O)n3)nn2)CC1)OC. The Hall–Kier alpha value is -3.12.